The van der Waals surface area contributed by atoms with E-state index in [1.807, 2.05) is 13.8 Å². The first-order valence-corrected chi connectivity index (χ1v) is 11.1. The lowest BCUT2D eigenvalue weighted by molar-refractivity contribution is -0.120. The van der Waals surface area contributed by atoms with Crippen molar-refractivity contribution >= 4 is 27.5 Å². The minimum absolute atomic E-state index is 0.0473. The van der Waals surface area contributed by atoms with Gasteiger partial charge in [-0.05, 0) is 45.2 Å². The van der Waals surface area contributed by atoms with E-state index < -0.39 is 10.0 Å². The van der Waals surface area contributed by atoms with Gasteiger partial charge in [0.1, 0.15) is 0 Å². The number of hydrogen-bond donors (Lipinski definition) is 2. The maximum absolute atomic E-state index is 12.6. The van der Waals surface area contributed by atoms with Gasteiger partial charge in [0.05, 0.1) is 17.0 Å². The molecule has 27 heavy (non-hydrogen) atoms. The van der Waals surface area contributed by atoms with E-state index in [4.69, 9.17) is 0 Å². The topological polar surface area (TPSA) is 95.6 Å². The number of para-hydroxylation sites is 1. The Labute approximate surface area is 161 Å². The van der Waals surface area contributed by atoms with Crippen LogP contribution in [0.5, 0.6) is 0 Å². The second kappa shape index (κ2) is 9.32. The number of hydrogen-bond acceptors (Lipinski definition) is 4. The molecule has 1 heterocycles. The van der Waals surface area contributed by atoms with Crippen LogP contribution in [0.15, 0.2) is 24.3 Å². The first-order valence-electron chi connectivity index (χ1n) is 9.47. The summed E-state index contributed by atoms with van der Waals surface area (Å²) < 4.78 is 25.3. The molecule has 0 unspecified atom stereocenters. The van der Waals surface area contributed by atoms with Crippen molar-refractivity contribution in [2.75, 3.05) is 24.2 Å². The second-order valence-electron chi connectivity index (χ2n) is 6.89. The van der Waals surface area contributed by atoms with E-state index in [0.717, 1.165) is 6.42 Å². The number of benzene rings is 1. The number of carbonyl (C=O) groups is 2. The lowest BCUT2D eigenvalue weighted by atomic mass is 9.97. The van der Waals surface area contributed by atoms with Crippen molar-refractivity contribution in [1.82, 2.24) is 9.62 Å². The molecule has 0 spiro atoms. The first-order chi connectivity index (χ1) is 12.8. The number of nitrogens with zero attached hydrogens (tertiary/aromatic N) is 1. The third kappa shape index (κ3) is 5.52. The molecule has 7 nitrogen and oxygen atoms in total. The zero-order valence-corrected chi connectivity index (χ0v) is 17.0. The highest BCUT2D eigenvalue weighted by molar-refractivity contribution is 7.89. The molecule has 1 aliphatic heterocycles. The third-order valence-electron chi connectivity index (χ3n) is 5.00. The Hall–Kier alpha value is -1.93. The zero-order valence-electron chi connectivity index (χ0n) is 16.2. The normalized spacial score (nSPS) is 17.3. The molecule has 0 saturated carbocycles. The van der Waals surface area contributed by atoms with Crippen molar-refractivity contribution in [1.29, 1.82) is 0 Å². The predicted molar refractivity (Wildman–Crippen MR) is 106 cm³/mol. The zero-order chi connectivity index (χ0) is 20.0. The van der Waals surface area contributed by atoms with Gasteiger partial charge in [-0.1, -0.05) is 19.1 Å². The summed E-state index contributed by atoms with van der Waals surface area (Å²) in [6.45, 7) is 6.24. The predicted octanol–water partition coefficient (Wildman–Crippen LogP) is 2.22. The largest absolute Gasteiger partial charge is 0.350 e. The van der Waals surface area contributed by atoms with Gasteiger partial charge in [0.15, 0.2) is 0 Å². The Morgan fingerprint density at radius 1 is 1.19 bits per heavy atom. The van der Waals surface area contributed by atoms with Gasteiger partial charge in [-0.3, -0.25) is 9.59 Å². The molecular weight excluding hydrogens is 366 g/mol. The third-order valence-corrected chi connectivity index (χ3v) is 6.88. The van der Waals surface area contributed by atoms with Gasteiger partial charge in [-0.25, -0.2) is 12.7 Å². The van der Waals surface area contributed by atoms with Crippen molar-refractivity contribution in [2.24, 2.45) is 5.92 Å². The van der Waals surface area contributed by atoms with Crippen LogP contribution in [-0.4, -0.2) is 49.4 Å². The number of amides is 2. The SMILES string of the molecule is CC[C@H](C)NC(=O)c1ccccc1NC(=O)C1CCN(S(=O)(=O)CC)CC1. The van der Waals surface area contributed by atoms with Gasteiger partial charge in [0, 0.05) is 25.0 Å². The molecule has 2 rings (SSSR count). The number of carbonyl (C=O) groups excluding carboxylic acids is 2. The van der Waals surface area contributed by atoms with Crippen LogP contribution in [0.2, 0.25) is 0 Å². The van der Waals surface area contributed by atoms with Crippen molar-refractivity contribution in [3.05, 3.63) is 29.8 Å². The molecule has 1 aromatic rings. The molecule has 8 heteroatoms. The maximum atomic E-state index is 12.6. The van der Waals surface area contributed by atoms with E-state index in [0.29, 0.717) is 37.2 Å². The van der Waals surface area contributed by atoms with Crippen LogP contribution in [0.3, 0.4) is 0 Å². The number of piperidine rings is 1. The average molecular weight is 396 g/mol. The Morgan fingerprint density at radius 3 is 2.41 bits per heavy atom. The highest BCUT2D eigenvalue weighted by atomic mass is 32.2. The molecule has 0 bridgehead atoms. The lowest BCUT2D eigenvalue weighted by Crippen LogP contribution is -2.42. The van der Waals surface area contributed by atoms with Crippen LogP contribution in [0.1, 0.15) is 50.4 Å². The molecule has 0 aliphatic carbocycles. The fourth-order valence-corrected chi connectivity index (χ4v) is 4.14. The van der Waals surface area contributed by atoms with E-state index in [9.17, 15) is 18.0 Å². The average Bonchev–Trinajstić information content (AvgIpc) is 2.68. The summed E-state index contributed by atoms with van der Waals surface area (Å²) in [6.07, 6.45) is 1.78. The van der Waals surface area contributed by atoms with Gasteiger partial charge < -0.3 is 10.6 Å². The monoisotopic (exact) mass is 395 g/mol. The number of rotatable bonds is 7. The molecule has 1 fully saturated rings. The molecule has 2 N–H and O–H groups in total. The van der Waals surface area contributed by atoms with Crippen LogP contribution >= 0.6 is 0 Å². The van der Waals surface area contributed by atoms with E-state index >= 15 is 0 Å². The summed E-state index contributed by atoms with van der Waals surface area (Å²) in [7, 11) is -3.21. The summed E-state index contributed by atoms with van der Waals surface area (Å²) in [5.74, 6) is -0.585. The van der Waals surface area contributed by atoms with Gasteiger partial charge >= 0.3 is 0 Å². The minimum atomic E-state index is -3.21. The van der Waals surface area contributed by atoms with E-state index in [-0.39, 0.29) is 29.5 Å². The fraction of sp³-hybridized carbons (Fsp3) is 0.579. The van der Waals surface area contributed by atoms with Crippen LogP contribution in [-0.2, 0) is 14.8 Å². The molecule has 1 aliphatic rings. The van der Waals surface area contributed by atoms with Crippen molar-refractivity contribution in [3.63, 3.8) is 0 Å². The molecule has 150 valence electrons. The Morgan fingerprint density at radius 2 is 1.81 bits per heavy atom. The minimum Gasteiger partial charge on any atom is -0.350 e. The van der Waals surface area contributed by atoms with Crippen LogP contribution in [0, 0.1) is 5.92 Å². The first kappa shape index (κ1) is 21.4. The van der Waals surface area contributed by atoms with Crippen molar-refractivity contribution in [3.8, 4) is 0 Å². The van der Waals surface area contributed by atoms with E-state index in [1.54, 1.807) is 31.2 Å². The molecule has 1 aromatic carbocycles. The van der Waals surface area contributed by atoms with Gasteiger partial charge in [0.2, 0.25) is 15.9 Å². The van der Waals surface area contributed by atoms with Crippen molar-refractivity contribution < 1.29 is 18.0 Å². The highest BCUT2D eigenvalue weighted by Crippen LogP contribution is 2.23. The molecule has 1 atom stereocenters. The molecule has 2 amide bonds. The Balaban J connectivity index is 2.02. The summed E-state index contributed by atoms with van der Waals surface area (Å²) in [6, 6.07) is 6.97. The van der Waals surface area contributed by atoms with E-state index in [2.05, 4.69) is 10.6 Å². The van der Waals surface area contributed by atoms with Crippen LogP contribution < -0.4 is 10.6 Å². The molecule has 0 aromatic heterocycles. The molecule has 1 saturated heterocycles. The highest BCUT2D eigenvalue weighted by Gasteiger charge is 2.30. The number of anilines is 1. The standard InChI is InChI=1S/C19H29N3O4S/c1-4-14(3)20-19(24)16-8-6-7-9-17(16)21-18(23)15-10-12-22(13-11-15)27(25,26)5-2/h6-9,14-15H,4-5,10-13H2,1-3H3,(H,20,24)(H,21,23)/t14-/m0/s1. The van der Waals surface area contributed by atoms with Crippen LogP contribution in [0.4, 0.5) is 5.69 Å². The number of sulfonamides is 1. The Bertz CT molecular complexity index is 771. The second-order valence-corrected chi connectivity index (χ2v) is 9.15. The summed E-state index contributed by atoms with van der Waals surface area (Å²) in [5.41, 5.74) is 0.907. The molecule has 0 radical (unpaired) electrons. The summed E-state index contributed by atoms with van der Waals surface area (Å²) >= 11 is 0. The van der Waals surface area contributed by atoms with Crippen LogP contribution in [0.25, 0.3) is 0 Å². The van der Waals surface area contributed by atoms with Gasteiger partial charge in [0.25, 0.3) is 5.91 Å². The fourth-order valence-electron chi connectivity index (χ4n) is 3.01. The quantitative estimate of drug-likeness (QED) is 0.740. The maximum Gasteiger partial charge on any atom is 0.253 e. The Kier molecular flexibility index (Phi) is 7.38. The van der Waals surface area contributed by atoms with Crippen molar-refractivity contribution in [2.45, 2.75) is 46.1 Å². The smallest absolute Gasteiger partial charge is 0.253 e. The molecular formula is C19H29N3O4S. The summed E-state index contributed by atoms with van der Waals surface area (Å²) in [4.78, 5) is 25.1. The van der Waals surface area contributed by atoms with Gasteiger partial charge in [-0.15, -0.1) is 0 Å². The van der Waals surface area contributed by atoms with Gasteiger partial charge in [-0.2, -0.15) is 0 Å². The number of nitrogens with one attached hydrogen (secondary N) is 2. The summed E-state index contributed by atoms with van der Waals surface area (Å²) in [5, 5.41) is 5.76. The lowest BCUT2D eigenvalue weighted by Gasteiger charge is -2.30. The van der Waals surface area contributed by atoms with E-state index in [1.165, 1.54) is 4.31 Å².